The summed E-state index contributed by atoms with van der Waals surface area (Å²) in [5.74, 6) is 0.693. The van der Waals surface area contributed by atoms with E-state index in [2.05, 4.69) is 182 Å². The van der Waals surface area contributed by atoms with Crippen LogP contribution in [0.2, 0.25) is 0 Å². The quantitative estimate of drug-likeness (QED) is 0.107. The summed E-state index contributed by atoms with van der Waals surface area (Å²) in [6.45, 7) is 69.0. The lowest BCUT2D eigenvalue weighted by atomic mass is 9.73. The SMILES string of the molecule is CC(C)(C)c1cc(B2OC(C)(C)C(C)(C)O2)cc(C(F)(F)F)c1.CC(C)(C)c1cc(B2OC(C)(C)C(C)(C)O2)cc(C2(C)CC2)c1.CC1(c2cc(B3OC(C)(C)C(C)(C)O3)cc(C(F)(F)F)c2)CC1.CC1(c2cc(B3OC(C)(C)C(C)(C)O3)cc(C3(C)CC3)c2)CC1.Cc1c(C(C)(C)C)cc(O[B]O)cc1C(C)(C)C. The maximum Gasteiger partial charge on any atom is 0.569 e. The zero-order valence-electron chi connectivity index (χ0n) is 73.0. The molecule has 0 amide bonds. The number of rotatable bonds is 10. The normalized spacial score (nSPS) is 22.8. The first-order chi connectivity index (χ1) is 49.4. The van der Waals surface area contributed by atoms with Crippen LogP contribution in [0.3, 0.4) is 0 Å². The molecule has 4 aliphatic carbocycles. The lowest BCUT2D eigenvalue weighted by Crippen LogP contribution is -2.41. The van der Waals surface area contributed by atoms with Gasteiger partial charge in [0.25, 0.3) is 0 Å². The molecule has 0 unspecified atom stereocenters. The van der Waals surface area contributed by atoms with E-state index in [0.29, 0.717) is 38.5 Å². The van der Waals surface area contributed by atoms with Crippen molar-refractivity contribution in [2.75, 3.05) is 0 Å². The topological polar surface area (TPSA) is 103 Å². The molecule has 21 heteroatoms. The largest absolute Gasteiger partial charge is 0.569 e. The summed E-state index contributed by atoms with van der Waals surface area (Å²) in [7, 11) is -1.36. The van der Waals surface area contributed by atoms with Crippen LogP contribution in [0.25, 0.3) is 0 Å². The summed E-state index contributed by atoms with van der Waals surface area (Å²) < 4.78 is 133. The van der Waals surface area contributed by atoms with Crippen molar-refractivity contribution in [3.8, 4) is 5.75 Å². The predicted molar refractivity (Wildman–Crippen MR) is 440 cm³/mol. The van der Waals surface area contributed by atoms with E-state index in [9.17, 15) is 26.3 Å². The number of alkyl halides is 6. The van der Waals surface area contributed by atoms with Crippen molar-refractivity contribution in [1.29, 1.82) is 0 Å². The first-order valence-electron chi connectivity index (χ1n) is 39.9. The highest BCUT2D eigenvalue weighted by Gasteiger charge is 2.57. The molecule has 4 saturated carbocycles. The molecule has 110 heavy (non-hydrogen) atoms. The van der Waals surface area contributed by atoms with E-state index in [1.165, 1.54) is 101 Å². The molecular weight excluding hydrogens is 1400 g/mol. The van der Waals surface area contributed by atoms with Crippen molar-refractivity contribution in [1.82, 2.24) is 0 Å². The van der Waals surface area contributed by atoms with Gasteiger partial charge in [0.2, 0.25) is 0 Å². The summed E-state index contributed by atoms with van der Waals surface area (Å²) >= 11 is 0. The second-order valence-corrected chi connectivity index (χ2v) is 42.3. The van der Waals surface area contributed by atoms with Gasteiger partial charge in [-0.2, -0.15) is 26.3 Å². The molecule has 5 aromatic carbocycles. The van der Waals surface area contributed by atoms with Gasteiger partial charge in [-0.1, -0.05) is 171 Å². The van der Waals surface area contributed by atoms with Crippen LogP contribution in [-0.2, 0) is 92.9 Å². The van der Waals surface area contributed by atoms with E-state index in [0.717, 1.165) is 38.2 Å². The second-order valence-electron chi connectivity index (χ2n) is 42.3. The van der Waals surface area contributed by atoms with Gasteiger partial charge in [0.1, 0.15) is 5.75 Å². The molecule has 1 N–H and O–H groups in total. The highest BCUT2D eigenvalue weighted by Crippen LogP contribution is 2.54. The van der Waals surface area contributed by atoms with E-state index in [1.54, 1.807) is 6.07 Å². The summed E-state index contributed by atoms with van der Waals surface area (Å²) in [4.78, 5) is 0. The minimum Gasteiger partial charge on any atom is -0.537 e. The number of benzene rings is 5. The monoisotopic (exact) mass is 1530 g/mol. The molecular formula is C89H130B5F6O10. The minimum atomic E-state index is -4.40. The van der Waals surface area contributed by atoms with Gasteiger partial charge in [0, 0.05) is 0 Å². The molecule has 4 aliphatic heterocycles. The van der Waals surface area contributed by atoms with E-state index in [4.69, 9.17) is 46.9 Å². The molecule has 8 fully saturated rings. The minimum absolute atomic E-state index is 0.0545. The Morgan fingerprint density at radius 2 is 0.509 bits per heavy atom. The third kappa shape index (κ3) is 19.8. The average Bonchev–Trinajstić information content (AvgIpc) is 1.58. The van der Waals surface area contributed by atoms with E-state index < -0.39 is 65.5 Å². The molecule has 10 nitrogen and oxygen atoms in total. The van der Waals surface area contributed by atoms with Crippen LogP contribution in [0.1, 0.15) is 334 Å². The lowest BCUT2D eigenvalue weighted by Gasteiger charge is -2.32. The molecule has 5 aromatic rings. The standard InChI is InChI=1S/C20H29BO2.C20H31BO2.C17H22BF3O2.C17H24BF3O2.C15H24BO2/c1-17(2)18(3,4)23-21(22-17)16-12-14(19(5)7-8-19)11-15(13-16)20(6)9-10-20;1-17(2,3)14-11-15(20(8)9-10-20)13-16(12-14)21-22-18(4,5)19(6,7)23-21;1-14(2)15(3,4)23-18(22-14)13-9-11(16(5)6-7-16)8-12(10-13)17(19,20)21;1-14(2,3)11-8-12(17(19,20)21)10-13(9-11)18-22-15(4,5)16(6,7)23-18;1-10-12(14(2,3)4)8-11(18-16-17)9-13(10)15(5,6)7/h11-13H,7-10H2,1-6H3;11-13H,9-10H2,1-8H3;8-10H,6-7H2,1-5H3;8-10H,1-7H3;8-9,17H,1-7H3. The van der Waals surface area contributed by atoms with Crippen molar-refractivity contribution in [3.05, 3.63) is 146 Å². The van der Waals surface area contributed by atoms with Crippen LogP contribution in [0, 0.1) is 6.92 Å². The first-order valence-corrected chi connectivity index (χ1v) is 39.9. The Kier molecular flexibility index (Phi) is 23.8. The highest BCUT2D eigenvalue weighted by molar-refractivity contribution is 6.63. The van der Waals surface area contributed by atoms with Crippen LogP contribution < -0.4 is 26.5 Å². The Bertz CT molecular complexity index is 3530. The Morgan fingerprint density at radius 1 is 0.300 bits per heavy atom. The van der Waals surface area contributed by atoms with Crippen molar-refractivity contribution in [3.63, 3.8) is 0 Å². The maximum absolute atomic E-state index is 13.3. The van der Waals surface area contributed by atoms with Gasteiger partial charge < -0.3 is 46.9 Å². The van der Waals surface area contributed by atoms with Gasteiger partial charge >= 0.3 is 48.5 Å². The molecule has 4 heterocycles. The second kappa shape index (κ2) is 29.3. The first kappa shape index (κ1) is 89.4. The smallest absolute Gasteiger partial charge is 0.537 e. The molecule has 0 bridgehead atoms. The van der Waals surface area contributed by atoms with Gasteiger partial charge in [-0.3, -0.25) is 0 Å². The third-order valence-corrected chi connectivity index (χ3v) is 26.3. The zero-order chi connectivity index (χ0) is 83.2. The maximum atomic E-state index is 13.3. The lowest BCUT2D eigenvalue weighted by molar-refractivity contribution is -0.138. The Morgan fingerprint density at radius 3 is 0.736 bits per heavy atom. The molecule has 0 aromatic heterocycles. The highest BCUT2D eigenvalue weighted by atomic mass is 19.4. The van der Waals surface area contributed by atoms with Crippen molar-refractivity contribution in [2.24, 2.45) is 0 Å². The molecule has 13 rings (SSSR count). The van der Waals surface area contributed by atoms with Gasteiger partial charge in [0.15, 0.2) is 0 Å². The van der Waals surface area contributed by atoms with Crippen LogP contribution in [0.4, 0.5) is 26.3 Å². The summed E-state index contributed by atoms with van der Waals surface area (Å²) in [6, 6.07) is 26.4. The molecule has 1 radical (unpaired) electrons. The van der Waals surface area contributed by atoms with Crippen LogP contribution in [0.15, 0.2) is 84.9 Å². The number of hydrogen-bond acceptors (Lipinski definition) is 10. The fourth-order valence-corrected chi connectivity index (χ4v) is 13.9. The van der Waals surface area contributed by atoms with E-state index in [1.807, 2.05) is 101 Å². The summed E-state index contributed by atoms with van der Waals surface area (Å²) in [6.07, 6.45) is 0.818. The third-order valence-electron chi connectivity index (χ3n) is 26.3. The summed E-state index contributed by atoms with van der Waals surface area (Å²) in [5, 5.41) is 8.83. The number of hydrogen-bond donors (Lipinski definition) is 1. The average molecular weight is 1530 g/mol. The fourth-order valence-electron chi connectivity index (χ4n) is 13.9. The van der Waals surface area contributed by atoms with E-state index >= 15 is 0 Å². The van der Waals surface area contributed by atoms with Gasteiger partial charge in [-0.05, 0) is 309 Å². The van der Waals surface area contributed by atoms with Crippen LogP contribution >= 0.6 is 0 Å². The Balaban J connectivity index is 0.000000159. The van der Waals surface area contributed by atoms with Crippen LogP contribution in [-0.4, -0.2) is 86.0 Å². The predicted octanol–water partition coefficient (Wildman–Crippen LogP) is 20.3. The van der Waals surface area contributed by atoms with Gasteiger partial charge in [-0.15, -0.1) is 0 Å². The van der Waals surface area contributed by atoms with Crippen molar-refractivity contribution in [2.45, 2.75) is 380 Å². The Hall–Kier alpha value is -4.56. The number of halogens is 6. The van der Waals surface area contributed by atoms with Crippen molar-refractivity contribution < 1.29 is 73.3 Å². The van der Waals surface area contributed by atoms with E-state index in [-0.39, 0.29) is 58.3 Å². The molecule has 0 spiro atoms. The Labute approximate surface area is 660 Å². The van der Waals surface area contributed by atoms with Crippen molar-refractivity contribution >= 4 is 58.0 Å². The van der Waals surface area contributed by atoms with Gasteiger partial charge in [-0.25, -0.2) is 0 Å². The summed E-state index contributed by atoms with van der Waals surface area (Å²) in [5.41, 5.74) is 10.1. The fraction of sp³-hybridized carbons (Fsp3) is 0.663. The molecule has 8 aliphatic rings. The van der Waals surface area contributed by atoms with Crippen LogP contribution in [0.5, 0.6) is 5.75 Å². The molecule has 0 atom stereocenters. The van der Waals surface area contributed by atoms with Gasteiger partial charge in [0.05, 0.1) is 55.9 Å². The molecule has 4 saturated heterocycles. The zero-order valence-corrected chi connectivity index (χ0v) is 73.0. The molecule has 603 valence electrons.